The molecule has 0 saturated carbocycles. The van der Waals surface area contributed by atoms with Gasteiger partial charge in [-0.25, -0.2) is 0 Å². The summed E-state index contributed by atoms with van der Waals surface area (Å²) in [6.07, 6.45) is 3.16. The lowest BCUT2D eigenvalue weighted by molar-refractivity contribution is -0.107. The van der Waals surface area contributed by atoms with Crippen LogP contribution < -0.4 is 4.74 Å². The van der Waals surface area contributed by atoms with E-state index in [1.807, 2.05) is 12.1 Å². The second-order valence-electron chi connectivity index (χ2n) is 2.99. The highest BCUT2D eigenvalue weighted by atomic mass is 35.5. The van der Waals surface area contributed by atoms with E-state index in [0.717, 1.165) is 30.4 Å². The van der Waals surface area contributed by atoms with Crippen LogP contribution in [0.4, 0.5) is 0 Å². The number of hydrogen-bond donors (Lipinski definition) is 0. The van der Waals surface area contributed by atoms with Crippen molar-refractivity contribution in [2.75, 3.05) is 7.11 Å². The number of methoxy groups -OCH3 is 1. The van der Waals surface area contributed by atoms with Gasteiger partial charge in [0, 0.05) is 6.42 Å². The van der Waals surface area contributed by atoms with E-state index < -0.39 is 0 Å². The molecule has 76 valence electrons. The Hall–Kier alpha value is -1.02. The SMILES string of the molecule is COc1c(Cl)cccc1CCCC=O. The van der Waals surface area contributed by atoms with Gasteiger partial charge in [-0.3, -0.25) is 0 Å². The van der Waals surface area contributed by atoms with E-state index in [1.54, 1.807) is 13.2 Å². The minimum Gasteiger partial charge on any atom is -0.495 e. The van der Waals surface area contributed by atoms with E-state index in [0.29, 0.717) is 11.4 Å². The number of carbonyl (C=O) groups excluding carboxylic acids is 1. The largest absolute Gasteiger partial charge is 0.495 e. The first-order valence-corrected chi connectivity index (χ1v) is 4.92. The Kier molecular flexibility index (Phi) is 4.47. The second-order valence-corrected chi connectivity index (χ2v) is 3.40. The van der Waals surface area contributed by atoms with Gasteiger partial charge in [-0.1, -0.05) is 23.7 Å². The van der Waals surface area contributed by atoms with Crippen LogP contribution in [0.15, 0.2) is 18.2 Å². The predicted octanol–water partition coefficient (Wildman–Crippen LogP) is 2.87. The number of aldehydes is 1. The van der Waals surface area contributed by atoms with E-state index in [1.165, 1.54) is 0 Å². The van der Waals surface area contributed by atoms with Crippen LogP contribution in [0.3, 0.4) is 0 Å². The number of benzene rings is 1. The van der Waals surface area contributed by atoms with Gasteiger partial charge in [0.05, 0.1) is 12.1 Å². The van der Waals surface area contributed by atoms with Crippen molar-refractivity contribution in [2.45, 2.75) is 19.3 Å². The van der Waals surface area contributed by atoms with Crippen molar-refractivity contribution in [3.63, 3.8) is 0 Å². The van der Waals surface area contributed by atoms with Crippen LogP contribution >= 0.6 is 11.6 Å². The fraction of sp³-hybridized carbons (Fsp3) is 0.364. The average Bonchev–Trinajstić information content (AvgIpc) is 2.18. The van der Waals surface area contributed by atoms with Crippen molar-refractivity contribution in [3.05, 3.63) is 28.8 Å². The Bertz CT molecular complexity index is 310. The number of halogens is 1. The fourth-order valence-corrected chi connectivity index (χ4v) is 1.63. The van der Waals surface area contributed by atoms with Gasteiger partial charge in [-0.15, -0.1) is 0 Å². The molecule has 0 aliphatic carbocycles. The fourth-order valence-electron chi connectivity index (χ4n) is 1.35. The zero-order chi connectivity index (χ0) is 10.4. The highest BCUT2D eigenvalue weighted by Crippen LogP contribution is 2.29. The zero-order valence-electron chi connectivity index (χ0n) is 8.13. The van der Waals surface area contributed by atoms with Gasteiger partial charge in [0.25, 0.3) is 0 Å². The molecule has 0 aliphatic heterocycles. The summed E-state index contributed by atoms with van der Waals surface area (Å²) in [7, 11) is 1.60. The van der Waals surface area contributed by atoms with Gasteiger partial charge in [0.2, 0.25) is 0 Å². The Labute approximate surface area is 88.8 Å². The van der Waals surface area contributed by atoms with E-state index in [9.17, 15) is 4.79 Å². The lowest BCUT2D eigenvalue weighted by Crippen LogP contribution is -1.93. The number of para-hydroxylation sites is 1. The van der Waals surface area contributed by atoms with E-state index >= 15 is 0 Å². The van der Waals surface area contributed by atoms with Gasteiger partial charge in [-0.05, 0) is 24.5 Å². The Balaban J connectivity index is 2.74. The van der Waals surface area contributed by atoms with E-state index in [2.05, 4.69) is 0 Å². The topological polar surface area (TPSA) is 26.3 Å². The predicted molar refractivity (Wildman–Crippen MR) is 57.0 cm³/mol. The third-order valence-corrected chi connectivity index (χ3v) is 2.32. The van der Waals surface area contributed by atoms with Crippen LogP contribution in [-0.4, -0.2) is 13.4 Å². The summed E-state index contributed by atoms with van der Waals surface area (Å²) in [6.45, 7) is 0. The summed E-state index contributed by atoms with van der Waals surface area (Å²) in [5.41, 5.74) is 1.06. The smallest absolute Gasteiger partial charge is 0.140 e. The first kappa shape index (κ1) is 11.1. The molecule has 1 aromatic rings. The number of aryl methyl sites for hydroxylation is 1. The molecule has 2 nitrogen and oxygen atoms in total. The molecule has 0 bridgehead atoms. The highest BCUT2D eigenvalue weighted by molar-refractivity contribution is 6.32. The third-order valence-electron chi connectivity index (χ3n) is 2.02. The van der Waals surface area contributed by atoms with E-state index in [-0.39, 0.29) is 0 Å². The molecule has 0 spiro atoms. The number of rotatable bonds is 5. The van der Waals surface area contributed by atoms with Crippen molar-refractivity contribution in [3.8, 4) is 5.75 Å². The van der Waals surface area contributed by atoms with Crippen molar-refractivity contribution < 1.29 is 9.53 Å². The third kappa shape index (κ3) is 2.74. The first-order chi connectivity index (χ1) is 6.79. The standard InChI is InChI=1S/C11H13ClO2/c1-14-11-9(5-2-3-8-13)6-4-7-10(11)12/h4,6-8H,2-3,5H2,1H3. The summed E-state index contributed by atoms with van der Waals surface area (Å²) < 4.78 is 5.19. The highest BCUT2D eigenvalue weighted by Gasteiger charge is 2.05. The van der Waals surface area contributed by atoms with Crippen LogP contribution in [0.2, 0.25) is 5.02 Å². The van der Waals surface area contributed by atoms with Crippen LogP contribution in [0.5, 0.6) is 5.75 Å². The summed E-state index contributed by atoms with van der Waals surface area (Å²) in [4.78, 5) is 10.2. The minimum atomic E-state index is 0.579. The van der Waals surface area contributed by atoms with Gasteiger partial charge in [-0.2, -0.15) is 0 Å². The number of carbonyl (C=O) groups is 1. The molecule has 3 heteroatoms. The Morgan fingerprint density at radius 1 is 1.50 bits per heavy atom. The average molecular weight is 213 g/mol. The van der Waals surface area contributed by atoms with Crippen LogP contribution in [0.25, 0.3) is 0 Å². The molecule has 0 atom stereocenters. The molecule has 0 unspecified atom stereocenters. The van der Waals surface area contributed by atoms with Gasteiger partial charge in [0.15, 0.2) is 0 Å². The molecule has 0 aromatic heterocycles. The van der Waals surface area contributed by atoms with Crippen LogP contribution in [0, 0.1) is 0 Å². The normalized spacial score (nSPS) is 9.86. The first-order valence-electron chi connectivity index (χ1n) is 4.54. The quantitative estimate of drug-likeness (QED) is 0.554. The maximum atomic E-state index is 10.2. The molecule has 0 aliphatic rings. The zero-order valence-corrected chi connectivity index (χ0v) is 8.88. The van der Waals surface area contributed by atoms with E-state index in [4.69, 9.17) is 16.3 Å². The monoisotopic (exact) mass is 212 g/mol. The Morgan fingerprint density at radius 3 is 2.93 bits per heavy atom. The molecule has 0 radical (unpaired) electrons. The molecule has 0 fully saturated rings. The molecule has 1 aromatic carbocycles. The lowest BCUT2D eigenvalue weighted by atomic mass is 10.1. The van der Waals surface area contributed by atoms with Crippen molar-refractivity contribution in [2.24, 2.45) is 0 Å². The van der Waals surface area contributed by atoms with Crippen molar-refractivity contribution in [1.29, 1.82) is 0 Å². The van der Waals surface area contributed by atoms with Crippen molar-refractivity contribution in [1.82, 2.24) is 0 Å². The molecule has 0 saturated heterocycles. The molecule has 0 N–H and O–H groups in total. The number of unbranched alkanes of at least 4 members (excludes halogenated alkanes) is 1. The summed E-state index contributed by atoms with van der Waals surface area (Å²) in [6, 6.07) is 5.65. The maximum absolute atomic E-state index is 10.2. The van der Waals surface area contributed by atoms with Crippen LogP contribution in [-0.2, 0) is 11.2 Å². The van der Waals surface area contributed by atoms with Gasteiger partial charge in [0.1, 0.15) is 12.0 Å². The second kappa shape index (κ2) is 5.66. The van der Waals surface area contributed by atoms with Gasteiger partial charge < -0.3 is 9.53 Å². The van der Waals surface area contributed by atoms with Gasteiger partial charge >= 0.3 is 0 Å². The summed E-state index contributed by atoms with van der Waals surface area (Å²) >= 11 is 5.95. The molecule has 1 rings (SSSR count). The number of hydrogen-bond acceptors (Lipinski definition) is 2. The van der Waals surface area contributed by atoms with Crippen LogP contribution in [0.1, 0.15) is 18.4 Å². The minimum absolute atomic E-state index is 0.579. The lowest BCUT2D eigenvalue weighted by Gasteiger charge is -2.08. The maximum Gasteiger partial charge on any atom is 0.140 e. The summed E-state index contributed by atoms with van der Waals surface area (Å²) in [5.74, 6) is 0.722. The molecule has 14 heavy (non-hydrogen) atoms. The molecule has 0 amide bonds. The molecular weight excluding hydrogens is 200 g/mol. The molecular formula is C11H13ClO2. The Morgan fingerprint density at radius 2 is 2.29 bits per heavy atom. The van der Waals surface area contributed by atoms with Crippen molar-refractivity contribution >= 4 is 17.9 Å². The summed E-state index contributed by atoms with van der Waals surface area (Å²) in [5, 5.41) is 0.621. The number of ether oxygens (including phenoxy) is 1. The molecule has 0 heterocycles.